The predicted molar refractivity (Wildman–Crippen MR) is 76.1 cm³/mol. The smallest absolute Gasteiger partial charge is 0.145 e. The first kappa shape index (κ1) is 14.0. The molecular weight excluding hydrogens is 242 g/mol. The number of hydrogen-bond acceptors (Lipinski definition) is 6. The number of rotatable bonds is 4. The molecule has 6 heteroatoms. The number of hydrazine groups is 1. The van der Waals surface area contributed by atoms with Crippen LogP contribution >= 0.6 is 0 Å². The van der Waals surface area contributed by atoms with E-state index in [2.05, 4.69) is 27.2 Å². The van der Waals surface area contributed by atoms with Gasteiger partial charge in [-0.25, -0.2) is 15.8 Å². The summed E-state index contributed by atoms with van der Waals surface area (Å²) in [6, 6.07) is 1.89. The van der Waals surface area contributed by atoms with E-state index >= 15 is 0 Å². The van der Waals surface area contributed by atoms with Gasteiger partial charge in [0.2, 0.25) is 0 Å². The lowest BCUT2D eigenvalue weighted by molar-refractivity contribution is -0.00482. The van der Waals surface area contributed by atoms with Gasteiger partial charge in [0.15, 0.2) is 0 Å². The number of aromatic nitrogens is 2. The van der Waals surface area contributed by atoms with Crippen molar-refractivity contribution >= 4 is 11.6 Å². The number of hydrogen-bond donors (Lipinski definition) is 2. The second-order valence-corrected chi connectivity index (χ2v) is 5.20. The van der Waals surface area contributed by atoms with Crippen LogP contribution in [0, 0.1) is 0 Å². The maximum absolute atomic E-state index is 5.62. The normalized spacial score (nSPS) is 23.5. The van der Waals surface area contributed by atoms with Crippen LogP contribution in [0.1, 0.15) is 32.5 Å². The van der Waals surface area contributed by atoms with Gasteiger partial charge in [-0.1, -0.05) is 6.92 Å². The molecule has 19 heavy (non-hydrogen) atoms. The molecule has 1 aromatic rings. The summed E-state index contributed by atoms with van der Waals surface area (Å²) < 4.78 is 5.62. The Bertz CT molecular complexity index is 417. The molecule has 1 atom stereocenters. The summed E-state index contributed by atoms with van der Waals surface area (Å²) in [6.07, 6.45) is 2.97. The molecular formula is C13H23N5O. The molecule has 1 unspecified atom stereocenters. The predicted octanol–water partition coefficient (Wildman–Crippen LogP) is 1.33. The van der Waals surface area contributed by atoms with Gasteiger partial charge in [-0.15, -0.1) is 0 Å². The summed E-state index contributed by atoms with van der Waals surface area (Å²) in [6.45, 7) is 6.01. The van der Waals surface area contributed by atoms with Crippen LogP contribution in [-0.4, -0.2) is 35.8 Å². The molecule has 1 fully saturated rings. The first-order chi connectivity index (χ1) is 9.10. The van der Waals surface area contributed by atoms with Gasteiger partial charge >= 0.3 is 0 Å². The van der Waals surface area contributed by atoms with Crippen LogP contribution in [0.5, 0.6) is 0 Å². The van der Waals surface area contributed by atoms with Gasteiger partial charge in [0.25, 0.3) is 0 Å². The second kappa shape index (κ2) is 5.71. The van der Waals surface area contributed by atoms with Gasteiger partial charge in [-0.05, 0) is 19.8 Å². The number of nitrogens with one attached hydrogen (secondary N) is 1. The van der Waals surface area contributed by atoms with Crippen molar-refractivity contribution in [2.45, 2.75) is 38.7 Å². The van der Waals surface area contributed by atoms with Gasteiger partial charge < -0.3 is 15.1 Å². The average molecular weight is 265 g/mol. The average Bonchev–Trinajstić information content (AvgIpc) is 2.46. The van der Waals surface area contributed by atoms with Crippen molar-refractivity contribution < 1.29 is 4.74 Å². The van der Waals surface area contributed by atoms with Crippen molar-refractivity contribution in [1.82, 2.24) is 9.97 Å². The fourth-order valence-electron chi connectivity index (χ4n) is 2.45. The zero-order chi connectivity index (χ0) is 13.9. The van der Waals surface area contributed by atoms with E-state index in [9.17, 15) is 0 Å². The lowest BCUT2D eigenvalue weighted by Crippen LogP contribution is -2.47. The number of nitrogen functional groups attached to an aromatic ring is 1. The molecule has 0 bridgehead atoms. The highest BCUT2D eigenvalue weighted by Crippen LogP contribution is 2.27. The molecule has 1 aliphatic heterocycles. The van der Waals surface area contributed by atoms with Crippen LogP contribution in [0.3, 0.4) is 0 Å². The van der Waals surface area contributed by atoms with Gasteiger partial charge in [-0.3, -0.25) is 0 Å². The zero-order valence-corrected chi connectivity index (χ0v) is 11.9. The van der Waals surface area contributed by atoms with Gasteiger partial charge in [0.05, 0.1) is 5.60 Å². The highest BCUT2D eigenvalue weighted by Gasteiger charge is 2.31. The molecule has 0 amide bonds. The van der Waals surface area contributed by atoms with E-state index in [1.807, 2.05) is 13.0 Å². The van der Waals surface area contributed by atoms with Gasteiger partial charge in [0.1, 0.15) is 17.5 Å². The molecule has 0 aromatic carbocycles. The molecule has 2 heterocycles. The van der Waals surface area contributed by atoms with E-state index in [1.165, 1.54) is 0 Å². The SMILES string of the molecule is CCc1nc(NN)cc(N2CCCC(C)(OC)C2)n1. The first-order valence-electron chi connectivity index (χ1n) is 6.75. The Hall–Kier alpha value is -1.40. The van der Waals surface area contributed by atoms with Crippen molar-refractivity contribution in [3.63, 3.8) is 0 Å². The van der Waals surface area contributed by atoms with E-state index in [-0.39, 0.29) is 5.60 Å². The van der Waals surface area contributed by atoms with Gasteiger partial charge in [0, 0.05) is 32.7 Å². The molecule has 0 saturated carbocycles. The Kier molecular flexibility index (Phi) is 4.21. The Morgan fingerprint density at radius 1 is 1.53 bits per heavy atom. The van der Waals surface area contributed by atoms with Crippen molar-refractivity contribution in [3.8, 4) is 0 Å². The Morgan fingerprint density at radius 3 is 2.95 bits per heavy atom. The van der Waals surface area contributed by atoms with Crippen LogP contribution in [0.2, 0.25) is 0 Å². The Balaban J connectivity index is 2.25. The van der Waals surface area contributed by atoms with Crippen LogP contribution in [0.25, 0.3) is 0 Å². The standard InChI is InChI=1S/C13H23N5O/c1-4-10-15-11(17-14)8-12(16-10)18-7-5-6-13(2,9-18)19-3/h8H,4-7,9,14H2,1-3H3,(H,15,16,17). The molecule has 1 aromatic heterocycles. The fourth-order valence-corrected chi connectivity index (χ4v) is 2.45. The Labute approximate surface area is 114 Å². The first-order valence-corrected chi connectivity index (χ1v) is 6.75. The zero-order valence-electron chi connectivity index (χ0n) is 11.9. The van der Waals surface area contributed by atoms with E-state index in [1.54, 1.807) is 7.11 Å². The number of nitrogens with zero attached hydrogens (tertiary/aromatic N) is 3. The third kappa shape index (κ3) is 3.13. The minimum Gasteiger partial charge on any atom is -0.377 e. The summed E-state index contributed by atoms with van der Waals surface area (Å²) in [5.41, 5.74) is 2.50. The summed E-state index contributed by atoms with van der Waals surface area (Å²) >= 11 is 0. The molecule has 1 aliphatic rings. The monoisotopic (exact) mass is 265 g/mol. The second-order valence-electron chi connectivity index (χ2n) is 5.20. The highest BCUT2D eigenvalue weighted by molar-refractivity contribution is 5.49. The van der Waals surface area contributed by atoms with Crippen molar-refractivity contribution in [2.24, 2.45) is 5.84 Å². The molecule has 1 saturated heterocycles. The van der Waals surface area contributed by atoms with Crippen LogP contribution in [0.4, 0.5) is 11.6 Å². The lowest BCUT2D eigenvalue weighted by Gasteiger charge is -2.40. The van der Waals surface area contributed by atoms with E-state index in [0.717, 1.165) is 44.0 Å². The van der Waals surface area contributed by atoms with Gasteiger partial charge in [-0.2, -0.15) is 0 Å². The van der Waals surface area contributed by atoms with Crippen molar-refractivity contribution in [1.29, 1.82) is 0 Å². The van der Waals surface area contributed by atoms with Crippen molar-refractivity contribution in [3.05, 3.63) is 11.9 Å². The summed E-state index contributed by atoms with van der Waals surface area (Å²) in [4.78, 5) is 11.1. The maximum Gasteiger partial charge on any atom is 0.145 e. The van der Waals surface area contributed by atoms with E-state index < -0.39 is 0 Å². The molecule has 106 valence electrons. The fraction of sp³-hybridized carbons (Fsp3) is 0.692. The third-order valence-corrected chi connectivity index (χ3v) is 3.70. The van der Waals surface area contributed by atoms with E-state index in [4.69, 9.17) is 10.6 Å². The Morgan fingerprint density at radius 2 is 2.32 bits per heavy atom. The minimum atomic E-state index is -0.105. The largest absolute Gasteiger partial charge is 0.377 e. The summed E-state index contributed by atoms with van der Waals surface area (Å²) in [5, 5.41) is 0. The van der Waals surface area contributed by atoms with E-state index in [0.29, 0.717) is 5.82 Å². The van der Waals surface area contributed by atoms with Crippen LogP contribution in [0.15, 0.2) is 6.07 Å². The maximum atomic E-state index is 5.62. The number of ether oxygens (including phenoxy) is 1. The van der Waals surface area contributed by atoms with Crippen LogP contribution in [-0.2, 0) is 11.2 Å². The highest BCUT2D eigenvalue weighted by atomic mass is 16.5. The molecule has 6 nitrogen and oxygen atoms in total. The third-order valence-electron chi connectivity index (χ3n) is 3.70. The quantitative estimate of drug-likeness (QED) is 0.632. The lowest BCUT2D eigenvalue weighted by atomic mass is 9.95. The number of nitrogens with two attached hydrogens (primary N) is 1. The molecule has 3 N–H and O–H groups in total. The molecule has 2 rings (SSSR count). The van der Waals surface area contributed by atoms with Crippen molar-refractivity contribution in [2.75, 3.05) is 30.5 Å². The summed E-state index contributed by atoms with van der Waals surface area (Å²) in [7, 11) is 1.77. The number of anilines is 2. The molecule has 0 spiro atoms. The molecule has 0 radical (unpaired) electrons. The summed E-state index contributed by atoms with van der Waals surface area (Å²) in [5.74, 6) is 7.85. The number of aryl methyl sites for hydroxylation is 1. The number of piperidine rings is 1. The molecule has 0 aliphatic carbocycles. The number of methoxy groups -OCH3 is 1. The van der Waals surface area contributed by atoms with Crippen LogP contribution < -0.4 is 16.2 Å². The minimum absolute atomic E-state index is 0.105. The topological polar surface area (TPSA) is 76.3 Å².